The Kier molecular flexibility index (Phi) is 5.76. The molecule has 4 atom stereocenters. The number of aromatic nitrogens is 1. The van der Waals surface area contributed by atoms with Gasteiger partial charge in [0.15, 0.2) is 0 Å². The number of aromatic amines is 1. The molecule has 3 heterocycles. The number of nitrogens with two attached hydrogens (primary N) is 1. The first kappa shape index (κ1) is 24.5. The van der Waals surface area contributed by atoms with Crippen LogP contribution < -0.4 is 11.3 Å². The Morgan fingerprint density at radius 3 is 2.67 bits per heavy atom. The van der Waals surface area contributed by atoms with E-state index in [-0.39, 0.29) is 23.8 Å². The van der Waals surface area contributed by atoms with Gasteiger partial charge in [0.1, 0.15) is 17.4 Å². The van der Waals surface area contributed by atoms with Crippen molar-refractivity contribution in [2.45, 2.75) is 69.1 Å². The van der Waals surface area contributed by atoms with E-state index in [4.69, 9.17) is 5.73 Å². The number of phenols is 1. The summed E-state index contributed by atoms with van der Waals surface area (Å²) in [5.74, 6) is -0.953. The predicted octanol–water partition coefficient (Wildman–Crippen LogP) is 0.971. The quantitative estimate of drug-likeness (QED) is 0.501. The van der Waals surface area contributed by atoms with Gasteiger partial charge in [-0.3, -0.25) is 14.4 Å². The zero-order valence-corrected chi connectivity index (χ0v) is 21.0. The molecule has 192 valence electrons. The second kappa shape index (κ2) is 8.45. The first-order chi connectivity index (χ1) is 17.0. The van der Waals surface area contributed by atoms with Gasteiger partial charge in [0.2, 0.25) is 5.91 Å². The van der Waals surface area contributed by atoms with Crippen LogP contribution in [0, 0.1) is 6.92 Å². The highest BCUT2D eigenvalue weighted by Crippen LogP contribution is 2.53. The van der Waals surface area contributed by atoms with E-state index in [9.17, 15) is 24.6 Å². The van der Waals surface area contributed by atoms with Gasteiger partial charge in [0.05, 0.1) is 5.60 Å². The van der Waals surface area contributed by atoms with Gasteiger partial charge in [-0.1, -0.05) is 6.07 Å². The van der Waals surface area contributed by atoms with Crippen LogP contribution in [0.3, 0.4) is 0 Å². The lowest BCUT2D eigenvalue weighted by molar-refractivity contribution is -0.132. The molecule has 0 spiro atoms. The van der Waals surface area contributed by atoms with E-state index in [1.807, 2.05) is 27.0 Å². The molecule has 0 bridgehead atoms. The van der Waals surface area contributed by atoms with Crippen molar-refractivity contribution in [3.8, 4) is 5.75 Å². The third-order valence-corrected chi connectivity index (χ3v) is 9.04. The number of piperidine rings is 1. The molecule has 36 heavy (non-hydrogen) atoms. The molecule has 4 unspecified atom stereocenters. The maximum Gasteiger partial charge on any atom is 0.261 e. The number of carbonyl (C=O) groups is 2. The molecule has 2 amide bonds. The van der Waals surface area contributed by atoms with Crippen LogP contribution >= 0.6 is 0 Å². The summed E-state index contributed by atoms with van der Waals surface area (Å²) >= 11 is 0. The summed E-state index contributed by atoms with van der Waals surface area (Å²) in [5, 5.41) is 22.8. The largest absolute Gasteiger partial charge is 0.508 e. The Hall–Kier alpha value is -3.17. The fourth-order valence-electron chi connectivity index (χ4n) is 6.83. The van der Waals surface area contributed by atoms with Crippen LogP contribution in [-0.4, -0.2) is 74.6 Å². The summed E-state index contributed by atoms with van der Waals surface area (Å²) in [5.41, 5.74) is 6.24. The average molecular weight is 495 g/mol. The van der Waals surface area contributed by atoms with E-state index < -0.39 is 34.4 Å². The number of carbonyl (C=O) groups excluding carboxylic acids is 2. The molecule has 2 aromatic rings. The zero-order valence-electron chi connectivity index (χ0n) is 21.0. The number of amides is 2. The molecule has 9 nitrogen and oxygen atoms in total. The highest BCUT2D eigenvalue weighted by Gasteiger charge is 2.60. The van der Waals surface area contributed by atoms with Crippen LogP contribution in [0.15, 0.2) is 29.1 Å². The summed E-state index contributed by atoms with van der Waals surface area (Å²) in [4.78, 5) is 44.8. The third-order valence-electron chi connectivity index (χ3n) is 9.04. The molecule has 5 N–H and O–H groups in total. The molecule has 0 saturated carbocycles. The molecule has 5 rings (SSSR count). The summed E-state index contributed by atoms with van der Waals surface area (Å²) in [7, 11) is 1.98. The Bertz CT molecular complexity index is 1310. The molecule has 1 aliphatic carbocycles. The molecule has 1 aromatic heterocycles. The minimum atomic E-state index is -1.21. The smallest absolute Gasteiger partial charge is 0.261 e. The standard InChI is InChI=1S/C27H34N4O5/c1-15-6-7-18(32)12-20(15)26-8-10-30(3)16(2)27(26,36)13-17-11-19(24(34)29-21(17)14-26)25(35)31-9-4-5-22(31)23(28)33/h6-7,11-12,16,22,32,36H,4-5,8-10,13-14H2,1-3H3,(H2,28,33)(H,29,34). The second-order valence-electron chi connectivity index (χ2n) is 10.8. The number of phenolic OH excluding ortho intramolecular Hbond substituents is 1. The topological polar surface area (TPSA) is 140 Å². The van der Waals surface area contributed by atoms with E-state index in [0.29, 0.717) is 43.5 Å². The second-order valence-corrected chi connectivity index (χ2v) is 10.8. The number of nitrogens with one attached hydrogen (secondary N) is 1. The summed E-state index contributed by atoms with van der Waals surface area (Å²) in [6, 6.07) is 5.88. The molecule has 2 saturated heterocycles. The lowest BCUT2D eigenvalue weighted by Crippen LogP contribution is -2.70. The molecule has 1 aromatic carbocycles. The maximum atomic E-state index is 13.3. The van der Waals surface area contributed by atoms with Gasteiger partial charge in [-0.15, -0.1) is 0 Å². The molecule has 2 fully saturated rings. The van der Waals surface area contributed by atoms with Crippen molar-refractivity contribution in [2.75, 3.05) is 20.1 Å². The maximum absolute atomic E-state index is 13.3. The minimum Gasteiger partial charge on any atom is -0.508 e. The monoisotopic (exact) mass is 494 g/mol. The predicted molar refractivity (Wildman–Crippen MR) is 134 cm³/mol. The highest BCUT2D eigenvalue weighted by molar-refractivity contribution is 5.97. The van der Waals surface area contributed by atoms with E-state index in [0.717, 1.165) is 17.7 Å². The van der Waals surface area contributed by atoms with Crippen LogP contribution in [0.25, 0.3) is 0 Å². The number of nitrogens with zero attached hydrogens (tertiary/aromatic N) is 2. The zero-order chi connectivity index (χ0) is 26.0. The normalized spacial score (nSPS) is 30.1. The minimum absolute atomic E-state index is 0.0386. The van der Waals surface area contributed by atoms with E-state index in [2.05, 4.69) is 9.88 Å². The van der Waals surface area contributed by atoms with Crippen molar-refractivity contribution < 1.29 is 19.8 Å². The Labute approximate surface area is 209 Å². The van der Waals surface area contributed by atoms with Crippen LogP contribution in [0.2, 0.25) is 0 Å². The number of benzene rings is 1. The third kappa shape index (κ3) is 3.48. The number of H-pyrrole nitrogens is 1. The van der Waals surface area contributed by atoms with Crippen molar-refractivity contribution in [1.29, 1.82) is 0 Å². The van der Waals surface area contributed by atoms with Gasteiger partial charge in [-0.2, -0.15) is 0 Å². The number of primary amides is 1. The Balaban J connectivity index is 1.63. The Morgan fingerprint density at radius 1 is 1.19 bits per heavy atom. The van der Waals surface area contributed by atoms with Crippen LogP contribution in [0.5, 0.6) is 5.75 Å². The number of likely N-dealkylation sites (N-methyl/N-ethyl adjacent to an activating group) is 1. The fraction of sp³-hybridized carbons (Fsp3) is 0.519. The molecule has 2 aliphatic heterocycles. The molecule has 9 heteroatoms. The Morgan fingerprint density at radius 2 is 1.94 bits per heavy atom. The van der Waals surface area contributed by atoms with Crippen LogP contribution in [0.1, 0.15) is 58.9 Å². The summed E-state index contributed by atoms with van der Waals surface area (Å²) in [6.45, 7) is 5.08. The molecular formula is C27H34N4O5. The van der Waals surface area contributed by atoms with Gasteiger partial charge in [-0.05, 0) is 81.6 Å². The summed E-state index contributed by atoms with van der Waals surface area (Å²) < 4.78 is 0. The van der Waals surface area contributed by atoms with Crippen LogP contribution in [0.4, 0.5) is 0 Å². The van der Waals surface area contributed by atoms with Crippen LogP contribution in [-0.2, 0) is 23.1 Å². The average Bonchev–Trinajstić information content (AvgIpc) is 3.33. The first-order valence-electron chi connectivity index (χ1n) is 12.6. The summed E-state index contributed by atoms with van der Waals surface area (Å²) in [6.07, 6.45) is 2.39. The van der Waals surface area contributed by atoms with Crippen molar-refractivity contribution in [3.63, 3.8) is 0 Å². The van der Waals surface area contributed by atoms with Gasteiger partial charge in [-0.25, -0.2) is 0 Å². The molecule has 0 radical (unpaired) electrons. The van der Waals surface area contributed by atoms with Crippen molar-refractivity contribution in [3.05, 3.63) is 62.6 Å². The van der Waals surface area contributed by atoms with Gasteiger partial charge in [0, 0.05) is 36.5 Å². The molecule has 3 aliphatic rings. The number of aromatic hydroxyl groups is 1. The van der Waals surface area contributed by atoms with Crippen molar-refractivity contribution >= 4 is 11.8 Å². The van der Waals surface area contributed by atoms with Gasteiger partial charge >= 0.3 is 0 Å². The van der Waals surface area contributed by atoms with Gasteiger partial charge < -0.3 is 30.7 Å². The number of aliphatic hydroxyl groups is 1. The van der Waals surface area contributed by atoms with E-state index >= 15 is 0 Å². The highest BCUT2D eigenvalue weighted by atomic mass is 16.3. The SMILES string of the molecule is Cc1ccc(O)cc1C12CCN(C)C(C)C1(O)Cc1cc(C(=O)N3CCCC3C(N)=O)c(=O)[nH]c1C2. The fourth-order valence-corrected chi connectivity index (χ4v) is 6.83. The van der Waals surface area contributed by atoms with Crippen molar-refractivity contribution in [1.82, 2.24) is 14.8 Å². The van der Waals surface area contributed by atoms with E-state index in [1.165, 1.54) is 4.90 Å². The number of aryl methyl sites for hydroxylation is 1. The number of pyridine rings is 1. The number of fused-ring (bicyclic) bond motifs is 2. The number of hydrogen-bond donors (Lipinski definition) is 4. The number of rotatable bonds is 3. The van der Waals surface area contributed by atoms with E-state index in [1.54, 1.807) is 18.2 Å². The van der Waals surface area contributed by atoms with Crippen molar-refractivity contribution in [2.24, 2.45) is 5.73 Å². The van der Waals surface area contributed by atoms with Gasteiger partial charge in [0.25, 0.3) is 11.5 Å². The number of likely N-dealkylation sites (tertiary alicyclic amines) is 2. The first-order valence-corrected chi connectivity index (χ1v) is 12.6. The lowest BCUT2D eigenvalue weighted by Gasteiger charge is -2.59. The molecular weight excluding hydrogens is 460 g/mol. The lowest BCUT2D eigenvalue weighted by atomic mass is 9.53. The number of hydrogen-bond acceptors (Lipinski definition) is 6.